The van der Waals surface area contributed by atoms with Crippen LogP contribution in [0.1, 0.15) is 78.3 Å². The summed E-state index contributed by atoms with van der Waals surface area (Å²) in [6.45, 7) is 2.08. The number of aliphatic hydroxyl groups is 5. The number of aromatic nitrogens is 4. The number of Topliss-reactive ketones (excluding diaryl/α,β-unsaturated/α-hetero) is 2. The topological polar surface area (TPSA) is 374 Å². The third-order valence-corrected chi connectivity index (χ3v) is 21.1. The number of nitrogens with one attached hydrogen (secondary N) is 3. The number of ether oxygens (including phenoxy) is 4. The fraction of sp³-hybridized carbons (Fsp3) is 0.117. The molecular formula is C103H74BF12N11NaO14. The number of hydrogen-bond donors (Lipinski definition) is 8. The van der Waals surface area contributed by atoms with Crippen LogP contribution in [-0.4, -0.2) is 127 Å². The van der Waals surface area contributed by atoms with E-state index in [0.29, 0.717) is 78.3 Å². The summed E-state index contributed by atoms with van der Waals surface area (Å²) in [7, 11) is 0. The number of amides is 3. The Balaban J connectivity index is 0.000000196. The van der Waals surface area contributed by atoms with Gasteiger partial charge in [0.2, 0.25) is 0 Å². The number of rotatable bonds is 26. The zero-order chi connectivity index (χ0) is 100. The summed E-state index contributed by atoms with van der Waals surface area (Å²) < 4.78 is 186. The van der Waals surface area contributed by atoms with E-state index in [1.807, 2.05) is 59.3 Å². The molecule has 0 bridgehead atoms. The van der Waals surface area contributed by atoms with E-state index in [-0.39, 0.29) is 93.2 Å². The minimum Gasteiger partial charge on any atom is -1.00 e. The number of benzene rings is 12. The minimum absolute atomic E-state index is 0. The fourth-order valence-electron chi connectivity index (χ4n) is 14.4. The van der Waals surface area contributed by atoms with Gasteiger partial charge in [-0.3, -0.25) is 24.0 Å². The van der Waals surface area contributed by atoms with Crippen molar-refractivity contribution in [3.05, 3.63) is 372 Å². The van der Waals surface area contributed by atoms with Crippen LogP contribution < -0.4 is 64.5 Å². The number of nitrogens with zero attached hydrogens (tertiary/aromatic N) is 8. The molecule has 0 fully saturated rings. The fourth-order valence-corrected chi connectivity index (χ4v) is 14.4. The van der Waals surface area contributed by atoms with E-state index in [2.05, 4.69) is 22.5 Å². The van der Waals surface area contributed by atoms with E-state index in [9.17, 15) is 92.0 Å². The van der Waals surface area contributed by atoms with Gasteiger partial charge in [-0.2, -0.15) is 73.7 Å². The molecule has 4 aromatic heterocycles. The first-order valence-corrected chi connectivity index (χ1v) is 41.7. The van der Waals surface area contributed by atoms with E-state index in [0.717, 1.165) is 83.3 Å². The van der Waals surface area contributed by atoms with Gasteiger partial charge in [0.15, 0.2) is 6.10 Å². The Labute approximate surface area is 824 Å². The number of carbonyl (C=O) groups excluding carboxylic acids is 5. The van der Waals surface area contributed by atoms with Gasteiger partial charge in [-0.25, -0.2) is 0 Å². The standard InChI is InChI=1S/C27H22F3N3O5.C27H20F3N3O5.C27H18F3N3O3.C22H13F3N2O.B.Na.H/c2*28-27(29,30)23-10-9-20(11-16(23)12-31)38-19-7-5-17(6-8-19)33-14-22(21-3-1-2-4-24(21)33)25(36)26(37)32-13-18(35)15-34;1-2-13-32-26(35)25(34)22-16-33(24-6-4-3-5-21(22)24)18-7-9-19(10-8-18)36-20-11-12-23(27(28,29)30)17(14-20)15-31;23-22(24,25)20-10-9-19(13-16(20)14-26)28-18-7-5-17(6-8-18)27-12-11-15-3-1-2-4-21(15)27;;;/h1-11,14,18,25,34-36H,13,15H2,(H,32,37);1-11,14,18,34-35H,13,15H2,(H,32,37);2-12,14,16H,1,13H2,(H,32,35);1-13H;;;/q;;;;;+1;-1/t18-,25?;18-;;;;;/m00...../s1. The molecule has 0 aliphatic heterocycles. The molecule has 1 unspecified atom stereocenters. The molecule has 0 aliphatic rings. The molecule has 8 N–H and O–H groups in total. The van der Waals surface area contributed by atoms with Crippen molar-refractivity contribution < 1.29 is 152 Å². The molecule has 0 saturated heterocycles. The maximum absolute atomic E-state index is 13.0. The average molecular weight is 1950 g/mol. The van der Waals surface area contributed by atoms with Crippen LogP contribution in [0.25, 0.3) is 66.4 Å². The van der Waals surface area contributed by atoms with Crippen molar-refractivity contribution in [1.82, 2.24) is 34.2 Å². The monoisotopic (exact) mass is 1950 g/mol. The van der Waals surface area contributed by atoms with Gasteiger partial charge in [-0.05, 0) is 206 Å². The smallest absolute Gasteiger partial charge is 1.00 e. The molecule has 0 spiro atoms. The largest absolute Gasteiger partial charge is 1.00 e. The molecule has 12 aromatic carbocycles. The number of fused-ring (bicyclic) bond motifs is 4. The van der Waals surface area contributed by atoms with Crippen LogP contribution >= 0.6 is 0 Å². The van der Waals surface area contributed by atoms with Gasteiger partial charge < -0.3 is 80.1 Å². The Morgan fingerprint density at radius 1 is 0.373 bits per heavy atom. The molecule has 0 saturated carbocycles. The second-order valence-electron chi connectivity index (χ2n) is 30.4. The van der Waals surface area contributed by atoms with Crippen LogP contribution in [0.3, 0.4) is 0 Å². The zero-order valence-corrected chi connectivity index (χ0v) is 75.9. The van der Waals surface area contributed by atoms with Gasteiger partial charge in [0.25, 0.3) is 29.3 Å². The van der Waals surface area contributed by atoms with Crippen molar-refractivity contribution in [2.24, 2.45) is 0 Å². The molecule has 713 valence electrons. The molecule has 3 amide bonds. The molecule has 25 nitrogen and oxygen atoms in total. The predicted molar refractivity (Wildman–Crippen MR) is 494 cm³/mol. The maximum atomic E-state index is 13.0. The number of hydrogen-bond acceptors (Lipinski definition) is 18. The Bertz CT molecular complexity index is 7520. The molecule has 4 heterocycles. The van der Waals surface area contributed by atoms with Gasteiger partial charge in [0, 0.05) is 97.3 Å². The van der Waals surface area contributed by atoms with E-state index in [1.165, 1.54) is 30.5 Å². The SMILES string of the molecule is C=CCNC(=O)C(=O)c1cn(-c2ccc(Oc3ccc(C(F)(F)F)c(C#N)c3)cc2)c2ccccc12.N#Cc1cc(Oc2ccc(-n3cc(C(=O)C(=O)NC[C@H](O)CO)c4ccccc43)cc2)ccc1C(F)(F)F.N#Cc1cc(Oc2ccc(-n3cc(C(O)C(=O)NC[C@H](O)CO)c4ccccc43)cc2)ccc1C(F)(F)F.N#Cc1cc(Oc2ccc(-n3ccc4ccccc43)cc2)ccc1C(F)(F)F.[B].[H-].[Na+]. The molecule has 142 heavy (non-hydrogen) atoms. The average Bonchev–Trinajstić information content (AvgIpc) is 1.63. The molecule has 16 aromatic rings. The third-order valence-electron chi connectivity index (χ3n) is 21.1. The number of carbonyl (C=O) groups is 5. The van der Waals surface area contributed by atoms with Gasteiger partial charge in [0.1, 0.15) is 46.0 Å². The summed E-state index contributed by atoms with van der Waals surface area (Å²) in [5, 5.41) is 93.6. The zero-order valence-electron chi connectivity index (χ0n) is 74.9. The second-order valence-corrected chi connectivity index (χ2v) is 30.4. The molecule has 3 radical (unpaired) electrons. The van der Waals surface area contributed by atoms with Crippen LogP contribution in [0, 0.1) is 45.3 Å². The van der Waals surface area contributed by atoms with Crippen LogP contribution in [0.15, 0.2) is 310 Å². The van der Waals surface area contributed by atoms with Crippen molar-refractivity contribution in [3.63, 3.8) is 0 Å². The Morgan fingerprint density at radius 2 is 0.662 bits per heavy atom. The van der Waals surface area contributed by atoms with E-state index >= 15 is 0 Å². The number of aliphatic hydroxyl groups excluding tert-OH is 5. The summed E-state index contributed by atoms with van der Waals surface area (Å²) >= 11 is 0. The summed E-state index contributed by atoms with van der Waals surface area (Å²) in [6, 6.07) is 76.1. The maximum Gasteiger partial charge on any atom is 1.00 e. The molecule has 3 atom stereocenters. The number of halogens is 12. The Kier molecular flexibility index (Phi) is 34.5. The van der Waals surface area contributed by atoms with Gasteiger partial charge >= 0.3 is 54.3 Å². The van der Waals surface area contributed by atoms with Crippen molar-refractivity contribution >= 4 is 81.3 Å². The molecule has 0 aliphatic carbocycles. The molecular weight excluding hydrogens is 1880 g/mol. The van der Waals surface area contributed by atoms with E-state index in [1.54, 1.807) is 190 Å². The van der Waals surface area contributed by atoms with Crippen molar-refractivity contribution in [3.8, 4) is 93.0 Å². The van der Waals surface area contributed by atoms with E-state index < -0.39 is 130 Å². The minimum atomic E-state index is -4.66. The van der Waals surface area contributed by atoms with Crippen molar-refractivity contribution in [2.45, 2.75) is 43.0 Å². The quantitative estimate of drug-likeness (QED) is 0.00820. The van der Waals surface area contributed by atoms with Crippen LogP contribution in [0.4, 0.5) is 52.7 Å². The number of ketones is 2. The Hall–Kier alpha value is -16.5. The van der Waals surface area contributed by atoms with Crippen LogP contribution in [-0.2, 0) is 39.1 Å². The number of alkyl halides is 12. The second kappa shape index (κ2) is 46.3. The third kappa shape index (κ3) is 25.3. The van der Waals surface area contributed by atoms with Gasteiger partial charge in [-0.15, -0.1) is 6.58 Å². The molecule has 39 heteroatoms. The van der Waals surface area contributed by atoms with Crippen LogP contribution in [0.5, 0.6) is 46.0 Å². The summed E-state index contributed by atoms with van der Waals surface area (Å²) in [5.41, 5.74) is 0.415. The molecule has 16 rings (SSSR count). The summed E-state index contributed by atoms with van der Waals surface area (Å²) in [5.74, 6) is -2.13. The van der Waals surface area contributed by atoms with Crippen LogP contribution in [0.2, 0.25) is 0 Å². The van der Waals surface area contributed by atoms with Gasteiger partial charge in [0.05, 0.1) is 127 Å². The summed E-state index contributed by atoms with van der Waals surface area (Å²) in [4.78, 5) is 62.5. The number of para-hydroxylation sites is 4. The van der Waals surface area contributed by atoms with Gasteiger partial charge in [-0.1, -0.05) is 78.9 Å². The first-order valence-electron chi connectivity index (χ1n) is 41.7. The first kappa shape index (κ1) is 106. The van der Waals surface area contributed by atoms with Crippen molar-refractivity contribution in [1.29, 1.82) is 21.0 Å². The first-order chi connectivity index (χ1) is 66.9. The van der Waals surface area contributed by atoms with Crippen molar-refractivity contribution in [2.75, 3.05) is 32.8 Å². The van der Waals surface area contributed by atoms with E-state index in [4.69, 9.17) is 50.2 Å². The summed E-state index contributed by atoms with van der Waals surface area (Å²) in [6.07, 6.45) is -14.3. The Morgan fingerprint density at radius 3 is 0.993 bits per heavy atom. The number of nitriles is 4. The predicted octanol–water partition coefficient (Wildman–Crippen LogP) is 16.6. The normalized spacial score (nSPS) is 11.8.